The molecule has 1 fully saturated rings. The predicted molar refractivity (Wildman–Crippen MR) is 80.7 cm³/mol. The van der Waals surface area contributed by atoms with Crippen LogP contribution < -0.4 is 5.32 Å². The molecule has 1 amide bonds. The van der Waals surface area contributed by atoms with Crippen molar-refractivity contribution < 1.29 is 9.53 Å². The van der Waals surface area contributed by atoms with Crippen molar-refractivity contribution in [3.8, 4) is 0 Å². The second-order valence-electron chi connectivity index (χ2n) is 5.59. The number of nitrogens with one attached hydrogen (secondary N) is 1. The Labute approximate surface area is 121 Å². The van der Waals surface area contributed by atoms with Crippen LogP contribution in [0.5, 0.6) is 0 Å². The van der Waals surface area contributed by atoms with Gasteiger partial charge in [0, 0.05) is 6.54 Å². The van der Waals surface area contributed by atoms with Gasteiger partial charge < -0.3 is 10.1 Å². The van der Waals surface area contributed by atoms with Crippen molar-refractivity contribution >= 4 is 6.09 Å². The van der Waals surface area contributed by atoms with Gasteiger partial charge in [0.1, 0.15) is 0 Å². The van der Waals surface area contributed by atoms with Gasteiger partial charge in [-0.15, -0.1) is 0 Å². The molecule has 1 aliphatic rings. The maximum atomic E-state index is 11.5. The van der Waals surface area contributed by atoms with Gasteiger partial charge in [0.05, 0.1) is 6.61 Å². The average Bonchev–Trinajstić information content (AvgIpc) is 2.98. The zero-order valence-electron chi connectivity index (χ0n) is 12.1. The standard InChI is InChI=1S/C17H25NO2/c19-17(18-13-12-16-9-4-5-10-16)20-14-6-11-15-7-2-1-3-8-15/h1-3,7-8,16H,4-6,9-14H2,(H,18,19). The largest absolute Gasteiger partial charge is 0.450 e. The number of aryl methyl sites for hydroxylation is 1. The van der Waals surface area contributed by atoms with E-state index in [0.29, 0.717) is 6.61 Å². The van der Waals surface area contributed by atoms with E-state index in [1.165, 1.54) is 31.2 Å². The molecule has 3 heteroatoms. The first kappa shape index (κ1) is 14.9. The Morgan fingerprint density at radius 1 is 1.20 bits per heavy atom. The van der Waals surface area contributed by atoms with Crippen LogP contribution in [0.2, 0.25) is 0 Å². The number of benzene rings is 1. The van der Waals surface area contributed by atoms with Crippen molar-refractivity contribution in [3.05, 3.63) is 35.9 Å². The first-order valence-electron chi connectivity index (χ1n) is 7.79. The highest BCUT2D eigenvalue weighted by molar-refractivity contribution is 5.66. The number of carbonyl (C=O) groups is 1. The molecule has 20 heavy (non-hydrogen) atoms. The first-order valence-corrected chi connectivity index (χ1v) is 7.79. The van der Waals surface area contributed by atoms with Gasteiger partial charge in [0.2, 0.25) is 0 Å². The monoisotopic (exact) mass is 275 g/mol. The summed E-state index contributed by atoms with van der Waals surface area (Å²) < 4.78 is 5.18. The van der Waals surface area contributed by atoms with E-state index in [9.17, 15) is 4.79 Å². The van der Waals surface area contributed by atoms with E-state index in [0.717, 1.165) is 31.7 Å². The number of rotatable bonds is 7. The van der Waals surface area contributed by atoms with E-state index >= 15 is 0 Å². The minimum Gasteiger partial charge on any atom is -0.450 e. The van der Waals surface area contributed by atoms with Crippen molar-refractivity contribution in [2.24, 2.45) is 5.92 Å². The van der Waals surface area contributed by atoms with Crippen LogP contribution in [0.4, 0.5) is 4.79 Å². The third-order valence-corrected chi connectivity index (χ3v) is 3.98. The fraction of sp³-hybridized carbons (Fsp3) is 0.588. The molecule has 1 N–H and O–H groups in total. The quantitative estimate of drug-likeness (QED) is 0.766. The van der Waals surface area contributed by atoms with Crippen LogP contribution in [-0.2, 0) is 11.2 Å². The van der Waals surface area contributed by atoms with E-state index in [-0.39, 0.29) is 6.09 Å². The SMILES string of the molecule is O=C(NCCC1CCCC1)OCCCc1ccccc1. The summed E-state index contributed by atoms with van der Waals surface area (Å²) in [5, 5.41) is 2.85. The molecular formula is C17H25NO2. The lowest BCUT2D eigenvalue weighted by Gasteiger charge is -2.10. The average molecular weight is 275 g/mol. The fourth-order valence-corrected chi connectivity index (χ4v) is 2.81. The van der Waals surface area contributed by atoms with Crippen molar-refractivity contribution in [2.45, 2.75) is 44.9 Å². The molecule has 0 atom stereocenters. The zero-order chi connectivity index (χ0) is 14.0. The second kappa shape index (κ2) is 8.62. The Hall–Kier alpha value is -1.51. The third kappa shape index (κ3) is 5.64. The summed E-state index contributed by atoms with van der Waals surface area (Å²) in [4.78, 5) is 11.5. The third-order valence-electron chi connectivity index (χ3n) is 3.98. The van der Waals surface area contributed by atoms with Gasteiger partial charge in [-0.1, -0.05) is 56.0 Å². The van der Waals surface area contributed by atoms with E-state index in [1.54, 1.807) is 0 Å². The Balaban J connectivity index is 1.47. The maximum Gasteiger partial charge on any atom is 0.407 e. The Kier molecular flexibility index (Phi) is 6.42. The van der Waals surface area contributed by atoms with E-state index in [4.69, 9.17) is 4.74 Å². The number of hydrogen-bond donors (Lipinski definition) is 1. The summed E-state index contributed by atoms with van der Waals surface area (Å²) in [5.41, 5.74) is 1.29. The molecule has 1 saturated carbocycles. The minimum absolute atomic E-state index is 0.268. The number of alkyl carbamates (subject to hydrolysis) is 1. The highest BCUT2D eigenvalue weighted by Crippen LogP contribution is 2.26. The number of amides is 1. The summed E-state index contributed by atoms with van der Waals surface area (Å²) >= 11 is 0. The van der Waals surface area contributed by atoms with E-state index in [1.807, 2.05) is 18.2 Å². The molecule has 0 bridgehead atoms. The van der Waals surface area contributed by atoms with Crippen LogP contribution in [0.1, 0.15) is 44.1 Å². The molecule has 0 saturated heterocycles. The lowest BCUT2D eigenvalue weighted by atomic mass is 10.0. The van der Waals surface area contributed by atoms with Gasteiger partial charge in [0.25, 0.3) is 0 Å². The summed E-state index contributed by atoms with van der Waals surface area (Å²) in [7, 11) is 0. The van der Waals surface area contributed by atoms with Gasteiger partial charge in [0.15, 0.2) is 0 Å². The Bertz CT molecular complexity index is 385. The highest BCUT2D eigenvalue weighted by Gasteiger charge is 2.14. The number of carbonyl (C=O) groups excluding carboxylic acids is 1. The van der Waals surface area contributed by atoms with Crippen LogP contribution in [0.15, 0.2) is 30.3 Å². The molecule has 0 heterocycles. The van der Waals surface area contributed by atoms with Gasteiger partial charge in [-0.25, -0.2) is 4.79 Å². The highest BCUT2D eigenvalue weighted by atomic mass is 16.5. The van der Waals surface area contributed by atoms with Crippen molar-refractivity contribution in [1.82, 2.24) is 5.32 Å². The summed E-state index contributed by atoms with van der Waals surface area (Å²) in [5.74, 6) is 0.813. The predicted octanol–water partition coefficient (Wildman–Crippen LogP) is 3.93. The van der Waals surface area contributed by atoms with Crippen LogP contribution in [0.3, 0.4) is 0 Å². The summed E-state index contributed by atoms with van der Waals surface area (Å²) in [6.07, 6.45) is 8.02. The summed E-state index contributed by atoms with van der Waals surface area (Å²) in [6, 6.07) is 10.3. The van der Waals surface area contributed by atoms with Gasteiger partial charge in [-0.2, -0.15) is 0 Å². The van der Waals surface area contributed by atoms with Crippen molar-refractivity contribution in [2.75, 3.05) is 13.2 Å². The smallest absolute Gasteiger partial charge is 0.407 e. The lowest BCUT2D eigenvalue weighted by Crippen LogP contribution is -2.26. The molecule has 0 aliphatic heterocycles. The molecule has 110 valence electrons. The molecule has 0 aromatic heterocycles. The molecule has 1 aliphatic carbocycles. The Morgan fingerprint density at radius 2 is 1.95 bits per heavy atom. The van der Waals surface area contributed by atoms with Gasteiger partial charge in [-0.05, 0) is 30.7 Å². The van der Waals surface area contributed by atoms with Crippen LogP contribution in [0, 0.1) is 5.92 Å². The Morgan fingerprint density at radius 3 is 2.70 bits per heavy atom. The molecule has 0 unspecified atom stereocenters. The molecular weight excluding hydrogens is 250 g/mol. The summed E-state index contributed by atoms with van der Waals surface area (Å²) in [6.45, 7) is 1.24. The van der Waals surface area contributed by atoms with Crippen molar-refractivity contribution in [3.63, 3.8) is 0 Å². The normalized spacial score (nSPS) is 15.2. The molecule has 1 aromatic carbocycles. The molecule has 0 radical (unpaired) electrons. The van der Waals surface area contributed by atoms with Gasteiger partial charge >= 0.3 is 6.09 Å². The molecule has 3 nitrogen and oxygen atoms in total. The van der Waals surface area contributed by atoms with Crippen LogP contribution >= 0.6 is 0 Å². The number of ether oxygens (including phenoxy) is 1. The van der Waals surface area contributed by atoms with Gasteiger partial charge in [-0.3, -0.25) is 0 Å². The fourth-order valence-electron chi connectivity index (χ4n) is 2.81. The number of hydrogen-bond acceptors (Lipinski definition) is 2. The topological polar surface area (TPSA) is 38.3 Å². The van der Waals surface area contributed by atoms with E-state index < -0.39 is 0 Å². The molecule has 2 rings (SSSR count). The minimum atomic E-state index is -0.268. The first-order chi connectivity index (χ1) is 9.84. The zero-order valence-corrected chi connectivity index (χ0v) is 12.1. The molecule has 0 spiro atoms. The maximum absolute atomic E-state index is 11.5. The van der Waals surface area contributed by atoms with Crippen LogP contribution in [-0.4, -0.2) is 19.2 Å². The molecule has 1 aromatic rings. The lowest BCUT2D eigenvalue weighted by molar-refractivity contribution is 0.144. The van der Waals surface area contributed by atoms with Crippen molar-refractivity contribution in [1.29, 1.82) is 0 Å². The van der Waals surface area contributed by atoms with Crippen LogP contribution in [0.25, 0.3) is 0 Å². The van der Waals surface area contributed by atoms with E-state index in [2.05, 4.69) is 17.4 Å². The second-order valence-corrected chi connectivity index (χ2v) is 5.59.